The maximum absolute atomic E-state index is 13.5. The number of hydrogen-bond acceptors (Lipinski definition) is 5. The zero-order valence-electron chi connectivity index (χ0n) is 16.6. The molecular weight excluding hydrogens is 389 g/mol. The van der Waals surface area contributed by atoms with E-state index in [-0.39, 0.29) is 5.56 Å². The number of hydrogen-bond donors (Lipinski definition) is 0. The molecule has 8 heteroatoms. The van der Waals surface area contributed by atoms with Crippen molar-refractivity contribution in [2.45, 2.75) is 58.4 Å². The molecule has 1 aliphatic rings. The highest BCUT2D eigenvalue weighted by Gasteiger charge is 2.61. The van der Waals surface area contributed by atoms with Gasteiger partial charge in [-0.05, 0) is 33.3 Å². The smallest absolute Gasteiger partial charge is 0.412 e. The van der Waals surface area contributed by atoms with Crippen molar-refractivity contribution in [3.8, 4) is 0 Å². The molecule has 0 amide bonds. The van der Waals surface area contributed by atoms with E-state index < -0.39 is 53.6 Å². The van der Waals surface area contributed by atoms with E-state index >= 15 is 0 Å². The summed E-state index contributed by atoms with van der Waals surface area (Å²) in [7, 11) is 0. The van der Waals surface area contributed by atoms with Crippen molar-refractivity contribution in [1.82, 2.24) is 0 Å². The molecule has 5 nitrogen and oxygen atoms in total. The van der Waals surface area contributed by atoms with Gasteiger partial charge in [0.2, 0.25) is 0 Å². The minimum absolute atomic E-state index is 0.274. The zero-order valence-corrected chi connectivity index (χ0v) is 16.6. The molecular formula is C21H23F3O5. The summed E-state index contributed by atoms with van der Waals surface area (Å²) in [6, 6.07) is 5.66. The molecule has 0 fully saturated rings. The van der Waals surface area contributed by atoms with Crippen LogP contribution in [-0.2, 0) is 19.1 Å². The molecule has 1 atom stereocenters. The number of rotatable bonds is 6. The van der Waals surface area contributed by atoms with Gasteiger partial charge in [0.25, 0.3) is 0 Å². The van der Waals surface area contributed by atoms with Gasteiger partial charge in [-0.1, -0.05) is 30.3 Å². The molecule has 0 saturated heterocycles. The van der Waals surface area contributed by atoms with E-state index in [4.69, 9.17) is 9.47 Å². The highest BCUT2D eigenvalue weighted by molar-refractivity contribution is 6.03. The van der Waals surface area contributed by atoms with Crippen molar-refractivity contribution in [2.75, 3.05) is 0 Å². The fourth-order valence-electron chi connectivity index (χ4n) is 3.29. The van der Waals surface area contributed by atoms with E-state index in [2.05, 4.69) is 0 Å². The van der Waals surface area contributed by atoms with Gasteiger partial charge in [-0.3, -0.25) is 14.4 Å². The number of esters is 2. The van der Waals surface area contributed by atoms with E-state index in [0.717, 1.165) is 6.08 Å². The molecule has 1 aliphatic carbocycles. The van der Waals surface area contributed by atoms with Gasteiger partial charge in [0.15, 0.2) is 5.41 Å². The maximum atomic E-state index is 13.5. The summed E-state index contributed by atoms with van der Waals surface area (Å²) in [5, 5.41) is 0. The molecule has 0 spiro atoms. The maximum Gasteiger partial charge on any atom is 0.412 e. The Morgan fingerprint density at radius 3 is 1.90 bits per heavy atom. The van der Waals surface area contributed by atoms with Gasteiger partial charge in [0, 0.05) is 23.5 Å². The largest absolute Gasteiger partial charge is 0.462 e. The molecule has 0 aliphatic heterocycles. The first-order valence-corrected chi connectivity index (χ1v) is 9.17. The number of carbonyl (C=O) groups excluding carboxylic acids is 3. The monoisotopic (exact) mass is 412 g/mol. The van der Waals surface area contributed by atoms with Crippen LogP contribution in [0.5, 0.6) is 0 Å². The van der Waals surface area contributed by atoms with Crippen LogP contribution in [0.3, 0.4) is 0 Å². The van der Waals surface area contributed by atoms with Gasteiger partial charge in [-0.2, -0.15) is 13.2 Å². The Bertz CT molecular complexity index is 785. The van der Waals surface area contributed by atoms with Crippen LogP contribution in [0.1, 0.15) is 56.0 Å². The Labute approximate surface area is 166 Å². The SMILES string of the molecule is CC(C)OC(=O)C1(C(=O)OC(C)C)CC(C(F)(F)F)=CC1c1ccc(C=O)cc1. The van der Waals surface area contributed by atoms with Gasteiger partial charge in [0.05, 0.1) is 12.2 Å². The Morgan fingerprint density at radius 2 is 1.52 bits per heavy atom. The average molecular weight is 412 g/mol. The van der Waals surface area contributed by atoms with Crippen LogP contribution < -0.4 is 0 Å². The van der Waals surface area contributed by atoms with Crippen LogP contribution in [0.4, 0.5) is 13.2 Å². The molecule has 2 rings (SSSR count). The Balaban J connectivity index is 2.66. The molecule has 1 aromatic carbocycles. The Morgan fingerprint density at radius 1 is 1.03 bits per heavy atom. The molecule has 158 valence electrons. The van der Waals surface area contributed by atoms with Gasteiger partial charge in [0.1, 0.15) is 6.29 Å². The summed E-state index contributed by atoms with van der Waals surface area (Å²) in [5.74, 6) is -3.39. The molecule has 0 bridgehead atoms. The zero-order chi connectivity index (χ0) is 22.0. The number of carbonyl (C=O) groups is 3. The van der Waals surface area contributed by atoms with Crippen LogP contribution in [0, 0.1) is 5.41 Å². The highest BCUT2D eigenvalue weighted by atomic mass is 19.4. The van der Waals surface area contributed by atoms with Crippen molar-refractivity contribution < 1.29 is 37.0 Å². The second-order valence-electron chi connectivity index (χ2n) is 7.51. The van der Waals surface area contributed by atoms with Crippen molar-refractivity contribution in [1.29, 1.82) is 0 Å². The summed E-state index contributed by atoms with van der Waals surface area (Å²) in [4.78, 5) is 36.9. The second kappa shape index (κ2) is 8.39. The van der Waals surface area contributed by atoms with Crippen molar-refractivity contribution >= 4 is 18.2 Å². The molecule has 0 aromatic heterocycles. The lowest BCUT2D eigenvalue weighted by Crippen LogP contribution is -2.46. The Hall–Kier alpha value is -2.64. The topological polar surface area (TPSA) is 69.7 Å². The number of halogens is 3. The number of benzene rings is 1. The molecule has 0 N–H and O–H groups in total. The molecule has 0 saturated carbocycles. The van der Waals surface area contributed by atoms with Gasteiger partial charge >= 0.3 is 18.1 Å². The minimum atomic E-state index is -4.72. The molecule has 29 heavy (non-hydrogen) atoms. The van der Waals surface area contributed by atoms with Gasteiger partial charge in [-0.25, -0.2) is 0 Å². The van der Waals surface area contributed by atoms with Crippen LogP contribution in [0.25, 0.3) is 0 Å². The van der Waals surface area contributed by atoms with Gasteiger partial charge < -0.3 is 9.47 Å². The molecule has 1 aromatic rings. The molecule has 0 radical (unpaired) electrons. The predicted octanol–water partition coefficient (Wildman–Crippen LogP) is 4.36. The lowest BCUT2D eigenvalue weighted by atomic mass is 9.73. The van der Waals surface area contributed by atoms with Crippen LogP contribution in [0.2, 0.25) is 0 Å². The first kappa shape index (κ1) is 22.6. The first-order valence-electron chi connectivity index (χ1n) is 9.17. The summed E-state index contributed by atoms with van der Waals surface area (Å²) in [5.41, 5.74) is -2.62. The van der Waals surface area contributed by atoms with Crippen LogP contribution in [-0.4, -0.2) is 36.6 Å². The minimum Gasteiger partial charge on any atom is -0.462 e. The fraction of sp³-hybridized carbons (Fsp3) is 0.476. The predicted molar refractivity (Wildman–Crippen MR) is 98.2 cm³/mol. The number of aldehydes is 1. The third kappa shape index (κ3) is 4.68. The number of ether oxygens (including phenoxy) is 2. The molecule has 1 unspecified atom stereocenters. The van der Waals surface area contributed by atoms with E-state index in [9.17, 15) is 27.6 Å². The lowest BCUT2D eigenvalue weighted by molar-refractivity contribution is -0.178. The standard InChI is InChI=1S/C21H23F3O5/c1-12(2)28-18(26)20(19(27)29-13(3)4)10-16(21(22,23)24)9-17(20)15-7-5-14(11-25)6-8-15/h5-9,11-13,17H,10H2,1-4H3. The summed E-state index contributed by atoms with van der Waals surface area (Å²) in [6.45, 7) is 6.17. The van der Waals surface area contributed by atoms with Crippen molar-refractivity contribution in [3.05, 3.63) is 47.0 Å². The van der Waals surface area contributed by atoms with E-state index in [0.29, 0.717) is 11.8 Å². The normalized spacial score (nSPS) is 18.5. The summed E-state index contributed by atoms with van der Waals surface area (Å²) in [6.07, 6.45) is -5.42. The fourth-order valence-corrected chi connectivity index (χ4v) is 3.29. The van der Waals surface area contributed by atoms with E-state index in [1.807, 2.05) is 0 Å². The van der Waals surface area contributed by atoms with E-state index in [1.165, 1.54) is 24.3 Å². The Kier molecular flexibility index (Phi) is 6.55. The van der Waals surface area contributed by atoms with Crippen molar-refractivity contribution in [2.24, 2.45) is 5.41 Å². The van der Waals surface area contributed by atoms with E-state index in [1.54, 1.807) is 27.7 Å². The third-order valence-corrected chi connectivity index (χ3v) is 4.58. The quantitative estimate of drug-likeness (QED) is 0.300. The summed E-state index contributed by atoms with van der Waals surface area (Å²) >= 11 is 0. The third-order valence-electron chi connectivity index (χ3n) is 4.58. The van der Waals surface area contributed by atoms with Crippen LogP contribution in [0.15, 0.2) is 35.9 Å². The number of allylic oxidation sites excluding steroid dienone is 2. The summed E-state index contributed by atoms with van der Waals surface area (Å²) < 4.78 is 51.0. The lowest BCUT2D eigenvalue weighted by Gasteiger charge is -2.33. The highest BCUT2D eigenvalue weighted by Crippen LogP contribution is 2.53. The number of alkyl halides is 3. The molecule has 0 heterocycles. The first-order chi connectivity index (χ1) is 13.4. The second-order valence-corrected chi connectivity index (χ2v) is 7.51. The van der Waals surface area contributed by atoms with Gasteiger partial charge in [-0.15, -0.1) is 0 Å². The van der Waals surface area contributed by atoms with Crippen LogP contribution >= 0.6 is 0 Å². The average Bonchev–Trinajstić information content (AvgIpc) is 3.03. The van der Waals surface area contributed by atoms with Crippen molar-refractivity contribution in [3.63, 3.8) is 0 Å².